The first kappa shape index (κ1) is 18.4. The first-order chi connectivity index (χ1) is 13.2. The Balaban J connectivity index is 2.03. The Morgan fingerprint density at radius 1 is 1.29 bits per heavy atom. The van der Waals surface area contributed by atoms with Crippen LogP contribution in [0.25, 0.3) is 11.0 Å². The summed E-state index contributed by atoms with van der Waals surface area (Å²) in [6.07, 6.45) is -2.76. The van der Waals surface area contributed by atoms with Gasteiger partial charge in [-0.25, -0.2) is 18.0 Å². The van der Waals surface area contributed by atoms with Gasteiger partial charge in [-0.15, -0.1) is 0 Å². The van der Waals surface area contributed by atoms with Gasteiger partial charge in [0.15, 0.2) is 0 Å². The third-order valence-electron chi connectivity index (χ3n) is 4.88. The molecule has 1 unspecified atom stereocenters. The minimum absolute atomic E-state index is 0.0907. The molecule has 0 bridgehead atoms. The molecule has 1 aromatic heterocycles. The van der Waals surface area contributed by atoms with Gasteiger partial charge in [0.2, 0.25) is 0 Å². The first-order valence-corrected chi connectivity index (χ1v) is 8.64. The minimum atomic E-state index is -2.76. The molecular formula is C18H14ClF3N4O2. The molecule has 0 fully saturated rings. The monoisotopic (exact) mass is 410 g/mol. The highest BCUT2D eigenvalue weighted by Crippen LogP contribution is 2.41. The van der Waals surface area contributed by atoms with Crippen LogP contribution in [-0.2, 0) is 13.6 Å². The quantitative estimate of drug-likeness (QED) is 0.651. The van der Waals surface area contributed by atoms with E-state index >= 15 is 0 Å². The van der Waals surface area contributed by atoms with Crippen molar-refractivity contribution >= 4 is 34.2 Å². The predicted octanol–water partition coefficient (Wildman–Crippen LogP) is 2.81. The molecule has 1 aliphatic rings. The van der Waals surface area contributed by atoms with E-state index < -0.39 is 36.4 Å². The zero-order valence-electron chi connectivity index (χ0n) is 14.5. The summed E-state index contributed by atoms with van der Waals surface area (Å²) in [7, 11) is 1.39. The number of benzene rings is 2. The number of nitrogens with zero attached hydrogens (tertiary/aromatic N) is 2. The number of hydrogen-bond donors (Lipinski definition) is 2. The van der Waals surface area contributed by atoms with Crippen LogP contribution >= 0.6 is 11.6 Å². The maximum Gasteiger partial charge on any atom is 0.329 e. The summed E-state index contributed by atoms with van der Waals surface area (Å²) in [5.74, 6) is -1.10. The molecule has 1 amide bonds. The van der Waals surface area contributed by atoms with Crippen molar-refractivity contribution in [2.24, 2.45) is 7.05 Å². The van der Waals surface area contributed by atoms with E-state index in [0.29, 0.717) is 11.1 Å². The standard InChI is InChI=1S/C18H14ClF3N4O2/c1-25-16-11(26(18(25)28)6-12(21)22)5-10(23)13-14(16)17(27)24-15(13)8-4-7(20)2-3-9(8)19/h2-5,12,15H,6,23H2,1H3,(H,24,27). The van der Waals surface area contributed by atoms with Crippen LogP contribution in [0.3, 0.4) is 0 Å². The van der Waals surface area contributed by atoms with Crippen LogP contribution in [0.4, 0.5) is 18.9 Å². The van der Waals surface area contributed by atoms with E-state index in [2.05, 4.69) is 5.32 Å². The van der Waals surface area contributed by atoms with Crippen LogP contribution in [-0.4, -0.2) is 21.5 Å². The van der Waals surface area contributed by atoms with Crippen molar-refractivity contribution in [3.8, 4) is 0 Å². The highest BCUT2D eigenvalue weighted by atomic mass is 35.5. The van der Waals surface area contributed by atoms with Gasteiger partial charge >= 0.3 is 5.69 Å². The molecule has 1 aliphatic heterocycles. The van der Waals surface area contributed by atoms with Crippen molar-refractivity contribution < 1.29 is 18.0 Å². The molecule has 2 heterocycles. The second kappa shape index (κ2) is 6.30. The van der Waals surface area contributed by atoms with Crippen LogP contribution in [0.15, 0.2) is 29.1 Å². The fourth-order valence-electron chi connectivity index (χ4n) is 3.72. The van der Waals surface area contributed by atoms with Gasteiger partial charge in [0.1, 0.15) is 5.82 Å². The molecule has 0 saturated carbocycles. The number of amides is 1. The summed E-state index contributed by atoms with van der Waals surface area (Å²) in [5, 5.41) is 2.92. The molecule has 146 valence electrons. The SMILES string of the molecule is Cn1c(=O)n(CC(F)F)c2cc(N)c3c(c21)C(=O)NC3c1cc(F)ccc1Cl. The second-order valence-electron chi connectivity index (χ2n) is 6.54. The smallest absolute Gasteiger partial charge is 0.329 e. The van der Waals surface area contributed by atoms with E-state index in [9.17, 15) is 22.8 Å². The number of fused-ring (bicyclic) bond motifs is 3. The summed E-state index contributed by atoms with van der Waals surface area (Å²) < 4.78 is 41.6. The number of imidazole rings is 1. The van der Waals surface area contributed by atoms with Crippen LogP contribution in [0.1, 0.15) is 27.5 Å². The van der Waals surface area contributed by atoms with Crippen LogP contribution < -0.4 is 16.7 Å². The number of carbonyl (C=O) groups excluding carboxylic acids is 1. The normalized spacial score (nSPS) is 16.1. The van der Waals surface area contributed by atoms with Gasteiger partial charge in [-0.2, -0.15) is 0 Å². The summed E-state index contributed by atoms with van der Waals surface area (Å²) >= 11 is 6.18. The van der Waals surface area contributed by atoms with Gasteiger partial charge in [0.25, 0.3) is 12.3 Å². The molecule has 10 heteroatoms. The van der Waals surface area contributed by atoms with Crippen molar-refractivity contribution in [2.45, 2.75) is 19.0 Å². The molecule has 28 heavy (non-hydrogen) atoms. The minimum Gasteiger partial charge on any atom is -0.398 e. The molecule has 0 radical (unpaired) electrons. The van der Waals surface area contributed by atoms with Crippen LogP contribution in [0, 0.1) is 5.82 Å². The number of aromatic nitrogens is 2. The van der Waals surface area contributed by atoms with E-state index in [0.717, 1.165) is 9.13 Å². The van der Waals surface area contributed by atoms with Gasteiger partial charge in [-0.3, -0.25) is 13.9 Å². The van der Waals surface area contributed by atoms with E-state index in [1.165, 1.54) is 31.3 Å². The van der Waals surface area contributed by atoms with Crippen molar-refractivity contribution in [3.05, 3.63) is 62.3 Å². The molecule has 6 nitrogen and oxygen atoms in total. The predicted molar refractivity (Wildman–Crippen MR) is 98.3 cm³/mol. The lowest BCUT2D eigenvalue weighted by molar-refractivity contribution is 0.0961. The zero-order chi connectivity index (χ0) is 20.3. The van der Waals surface area contributed by atoms with Gasteiger partial charge in [0, 0.05) is 28.9 Å². The maximum absolute atomic E-state index is 13.7. The Morgan fingerprint density at radius 2 is 2.00 bits per heavy atom. The summed E-state index contributed by atoms with van der Waals surface area (Å²) in [5.41, 5.74) is 6.59. The number of rotatable bonds is 3. The number of nitrogen functional groups attached to an aromatic ring is 1. The number of nitrogens with one attached hydrogen (secondary N) is 1. The number of anilines is 1. The summed E-state index contributed by atoms with van der Waals surface area (Å²) in [6.45, 7) is -0.824. The molecule has 4 rings (SSSR count). The fourth-order valence-corrected chi connectivity index (χ4v) is 3.94. The third-order valence-corrected chi connectivity index (χ3v) is 5.22. The zero-order valence-corrected chi connectivity index (χ0v) is 15.2. The number of carbonyl (C=O) groups is 1. The van der Waals surface area contributed by atoms with Gasteiger partial charge in [-0.05, 0) is 24.3 Å². The number of hydrogen-bond acceptors (Lipinski definition) is 3. The van der Waals surface area contributed by atoms with E-state index in [1.54, 1.807) is 0 Å². The second-order valence-corrected chi connectivity index (χ2v) is 6.94. The Hall–Kier alpha value is -2.94. The Kier molecular flexibility index (Phi) is 4.15. The van der Waals surface area contributed by atoms with Crippen molar-refractivity contribution in [2.75, 3.05) is 5.73 Å². The fraction of sp³-hybridized carbons (Fsp3) is 0.222. The molecule has 0 spiro atoms. The van der Waals surface area contributed by atoms with Crippen LogP contribution in [0.2, 0.25) is 5.02 Å². The van der Waals surface area contributed by atoms with Crippen molar-refractivity contribution in [3.63, 3.8) is 0 Å². The van der Waals surface area contributed by atoms with Crippen molar-refractivity contribution in [1.82, 2.24) is 14.5 Å². The van der Waals surface area contributed by atoms with E-state index in [1.807, 2.05) is 0 Å². The Morgan fingerprint density at radius 3 is 2.68 bits per heavy atom. The van der Waals surface area contributed by atoms with E-state index in [-0.39, 0.29) is 27.3 Å². The number of nitrogens with two attached hydrogens (primary N) is 1. The molecule has 2 aromatic carbocycles. The average molecular weight is 411 g/mol. The largest absolute Gasteiger partial charge is 0.398 e. The molecule has 1 atom stereocenters. The maximum atomic E-state index is 13.7. The van der Waals surface area contributed by atoms with Crippen molar-refractivity contribution in [1.29, 1.82) is 0 Å². The summed E-state index contributed by atoms with van der Waals surface area (Å²) in [6, 6.07) is 4.28. The highest BCUT2D eigenvalue weighted by molar-refractivity contribution is 6.31. The molecule has 0 saturated heterocycles. The summed E-state index contributed by atoms with van der Waals surface area (Å²) in [4.78, 5) is 25.2. The van der Waals surface area contributed by atoms with Gasteiger partial charge in [-0.1, -0.05) is 11.6 Å². The molecular weight excluding hydrogens is 397 g/mol. The molecule has 3 N–H and O–H groups in total. The number of aryl methyl sites for hydroxylation is 1. The lowest BCUT2D eigenvalue weighted by Gasteiger charge is -2.16. The Labute approximate surface area is 161 Å². The third kappa shape index (κ3) is 2.57. The average Bonchev–Trinajstić information content (AvgIpc) is 3.08. The van der Waals surface area contributed by atoms with Gasteiger partial charge < -0.3 is 11.1 Å². The molecule has 3 aromatic rings. The van der Waals surface area contributed by atoms with Crippen LogP contribution in [0.5, 0.6) is 0 Å². The first-order valence-electron chi connectivity index (χ1n) is 8.26. The number of alkyl halides is 2. The Bertz CT molecular complexity index is 1200. The lowest BCUT2D eigenvalue weighted by atomic mass is 9.95. The molecule has 0 aliphatic carbocycles. The van der Waals surface area contributed by atoms with Gasteiger partial charge in [0.05, 0.1) is 29.2 Å². The lowest BCUT2D eigenvalue weighted by Crippen LogP contribution is -2.25. The van der Waals surface area contributed by atoms with E-state index in [4.69, 9.17) is 17.3 Å². The number of halogens is 4. The highest BCUT2D eigenvalue weighted by Gasteiger charge is 2.37. The topological polar surface area (TPSA) is 82.1 Å².